The zero-order valence-electron chi connectivity index (χ0n) is 14.8. The fraction of sp³-hybridized carbons (Fsp3) is 0.500. The Bertz CT molecular complexity index is 727. The van der Waals surface area contributed by atoms with Crippen molar-refractivity contribution in [1.82, 2.24) is 20.0 Å². The van der Waals surface area contributed by atoms with Crippen molar-refractivity contribution in [2.75, 3.05) is 26.7 Å². The highest BCUT2D eigenvalue weighted by Crippen LogP contribution is 2.42. The van der Waals surface area contributed by atoms with Crippen LogP contribution in [0.2, 0.25) is 0 Å². The Balaban J connectivity index is 1.57. The van der Waals surface area contributed by atoms with Crippen LogP contribution in [0.3, 0.4) is 0 Å². The molecular weight excluding hydrogens is 312 g/mol. The molecule has 2 fully saturated rings. The van der Waals surface area contributed by atoms with Gasteiger partial charge in [-0.1, -0.05) is 18.2 Å². The molecule has 2 heterocycles. The average molecular weight is 338 g/mol. The second-order valence-electron chi connectivity index (χ2n) is 7.26. The number of hydrogen-bond donors (Lipinski definition) is 1. The van der Waals surface area contributed by atoms with Gasteiger partial charge in [0.05, 0.1) is 23.1 Å². The smallest absolute Gasteiger partial charge is 0.257 e. The number of piperidine rings is 1. The molecule has 1 aromatic carbocycles. The standard InChI is InChI=1S/C20H26N4O/c1-21-13-15-9-11-23(12-10-15)20(25)18-14-22-24(19(18)16-7-8-16)17-5-3-2-4-6-17/h2-6,14-16,21H,7-13H2,1H3. The Hall–Kier alpha value is -2.14. The summed E-state index contributed by atoms with van der Waals surface area (Å²) in [5, 5.41) is 7.82. The van der Waals surface area contributed by atoms with Crippen molar-refractivity contribution in [2.24, 2.45) is 5.92 Å². The quantitative estimate of drug-likeness (QED) is 0.912. The molecule has 1 saturated heterocycles. The van der Waals surface area contributed by atoms with Crippen molar-refractivity contribution in [3.8, 4) is 5.69 Å². The summed E-state index contributed by atoms with van der Waals surface area (Å²) in [6.45, 7) is 2.75. The van der Waals surface area contributed by atoms with Gasteiger partial charge in [0.15, 0.2) is 0 Å². The molecule has 0 spiro atoms. The lowest BCUT2D eigenvalue weighted by atomic mass is 9.96. The third kappa shape index (κ3) is 3.33. The number of likely N-dealkylation sites (tertiary alicyclic amines) is 1. The fourth-order valence-corrected chi connectivity index (χ4v) is 3.85. The molecule has 25 heavy (non-hydrogen) atoms. The first kappa shape index (κ1) is 16.3. The number of carbonyl (C=O) groups excluding carboxylic acids is 1. The Morgan fingerprint density at radius 1 is 1.16 bits per heavy atom. The van der Waals surface area contributed by atoms with Crippen molar-refractivity contribution >= 4 is 5.91 Å². The van der Waals surface area contributed by atoms with Crippen molar-refractivity contribution in [2.45, 2.75) is 31.6 Å². The number of nitrogens with one attached hydrogen (secondary N) is 1. The maximum atomic E-state index is 13.1. The number of amides is 1. The van der Waals surface area contributed by atoms with Crippen LogP contribution in [0.5, 0.6) is 0 Å². The molecule has 5 heteroatoms. The molecule has 1 aromatic heterocycles. The lowest BCUT2D eigenvalue weighted by Gasteiger charge is -2.32. The first-order valence-electron chi connectivity index (χ1n) is 9.35. The van der Waals surface area contributed by atoms with Gasteiger partial charge in [-0.2, -0.15) is 5.10 Å². The van der Waals surface area contributed by atoms with Crippen molar-refractivity contribution in [3.05, 3.63) is 47.8 Å². The molecule has 4 rings (SSSR count). The number of rotatable bonds is 5. The minimum Gasteiger partial charge on any atom is -0.339 e. The van der Waals surface area contributed by atoms with Crippen LogP contribution in [0.15, 0.2) is 36.5 Å². The second-order valence-corrected chi connectivity index (χ2v) is 7.26. The van der Waals surface area contributed by atoms with Crippen LogP contribution in [0.1, 0.15) is 47.7 Å². The van der Waals surface area contributed by atoms with Crippen molar-refractivity contribution in [3.63, 3.8) is 0 Å². The van der Waals surface area contributed by atoms with Gasteiger partial charge in [-0.15, -0.1) is 0 Å². The van der Waals surface area contributed by atoms with E-state index < -0.39 is 0 Å². The van der Waals surface area contributed by atoms with E-state index in [-0.39, 0.29) is 5.91 Å². The Morgan fingerprint density at radius 3 is 2.52 bits per heavy atom. The minimum atomic E-state index is 0.159. The molecule has 0 bridgehead atoms. The molecule has 0 unspecified atom stereocenters. The van der Waals surface area contributed by atoms with Gasteiger partial charge >= 0.3 is 0 Å². The summed E-state index contributed by atoms with van der Waals surface area (Å²) in [6.07, 6.45) is 6.26. The topological polar surface area (TPSA) is 50.2 Å². The number of carbonyl (C=O) groups is 1. The molecule has 2 aliphatic rings. The van der Waals surface area contributed by atoms with Crippen LogP contribution in [0.25, 0.3) is 5.69 Å². The van der Waals surface area contributed by atoms with Crippen LogP contribution >= 0.6 is 0 Å². The first-order valence-corrected chi connectivity index (χ1v) is 9.35. The van der Waals surface area contributed by atoms with Gasteiger partial charge in [0.1, 0.15) is 0 Å². The van der Waals surface area contributed by atoms with E-state index in [2.05, 4.69) is 22.5 Å². The molecule has 1 aliphatic carbocycles. The summed E-state index contributed by atoms with van der Waals surface area (Å²) in [6, 6.07) is 10.1. The second kappa shape index (κ2) is 7.00. The molecule has 1 saturated carbocycles. The molecule has 2 aromatic rings. The number of benzene rings is 1. The molecule has 1 aliphatic heterocycles. The maximum Gasteiger partial charge on any atom is 0.257 e. The Kier molecular flexibility index (Phi) is 4.57. The van der Waals surface area contributed by atoms with Gasteiger partial charge in [0.2, 0.25) is 0 Å². The van der Waals surface area contributed by atoms with E-state index in [9.17, 15) is 4.79 Å². The van der Waals surface area contributed by atoms with Gasteiger partial charge in [-0.25, -0.2) is 4.68 Å². The van der Waals surface area contributed by atoms with E-state index in [1.807, 2.05) is 34.8 Å². The van der Waals surface area contributed by atoms with E-state index in [4.69, 9.17) is 0 Å². The molecule has 5 nitrogen and oxygen atoms in total. The maximum absolute atomic E-state index is 13.1. The molecule has 0 atom stereocenters. The number of aromatic nitrogens is 2. The summed E-state index contributed by atoms with van der Waals surface area (Å²) < 4.78 is 1.97. The number of hydrogen-bond acceptors (Lipinski definition) is 3. The Labute approximate surface area is 149 Å². The molecule has 132 valence electrons. The molecule has 1 amide bonds. The van der Waals surface area contributed by atoms with Crippen LogP contribution in [0, 0.1) is 5.92 Å². The number of nitrogens with zero attached hydrogens (tertiary/aromatic N) is 3. The van der Waals surface area contributed by atoms with Crippen LogP contribution < -0.4 is 5.32 Å². The third-order valence-corrected chi connectivity index (χ3v) is 5.40. The van der Waals surface area contributed by atoms with E-state index in [0.717, 1.165) is 62.3 Å². The SMILES string of the molecule is CNCC1CCN(C(=O)c2cnn(-c3ccccc3)c2C2CC2)CC1. The lowest BCUT2D eigenvalue weighted by molar-refractivity contribution is 0.0689. The van der Waals surface area contributed by atoms with Gasteiger partial charge in [-0.05, 0) is 57.3 Å². The summed E-state index contributed by atoms with van der Waals surface area (Å²) in [4.78, 5) is 15.1. The van der Waals surface area contributed by atoms with Gasteiger partial charge in [0, 0.05) is 19.0 Å². The summed E-state index contributed by atoms with van der Waals surface area (Å²) >= 11 is 0. The van der Waals surface area contributed by atoms with E-state index in [1.165, 1.54) is 0 Å². The number of para-hydroxylation sites is 1. The fourth-order valence-electron chi connectivity index (χ4n) is 3.85. The van der Waals surface area contributed by atoms with Crippen LogP contribution in [-0.4, -0.2) is 47.3 Å². The highest BCUT2D eigenvalue weighted by molar-refractivity contribution is 5.95. The monoisotopic (exact) mass is 338 g/mol. The summed E-state index contributed by atoms with van der Waals surface area (Å²) in [7, 11) is 2.00. The van der Waals surface area contributed by atoms with E-state index >= 15 is 0 Å². The lowest BCUT2D eigenvalue weighted by Crippen LogP contribution is -2.40. The highest BCUT2D eigenvalue weighted by atomic mass is 16.2. The zero-order valence-corrected chi connectivity index (χ0v) is 14.8. The van der Waals surface area contributed by atoms with Crippen molar-refractivity contribution in [1.29, 1.82) is 0 Å². The van der Waals surface area contributed by atoms with E-state index in [0.29, 0.717) is 11.8 Å². The zero-order chi connectivity index (χ0) is 17.2. The predicted octanol–water partition coefficient (Wildman–Crippen LogP) is 2.82. The summed E-state index contributed by atoms with van der Waals surface area (Å²) in [5.41, 5.74) is 2.95. The molecule has 0 radical (unpaired) electrons. The van der Waals surface area contributed by atoms with Crippen molar-refractivity contribution < 1.29 is 4.79 Å². The normalized spacial score (nSPS) is 18.5. The van der Waals surface area contributed by atoms with E-state index in [1.54, 1.807) is 6.20 Å². The predicted molar refractivity (Wildman–Crippen MR) is 98.1 cm³/mol. The molecular formula is C20H26N4O. The minimum absolute atomic E-state index is 0.159. The highest BCUT2D eigenvalue weighted by Gasteiger charge is 2.34. The first-order chi connectivity index (χ1) is 12.3. The Morgan fingerprint density at radius 2 is 1.88 bits per heavy atom. The average Bonchev–Trinajstić information content (AvgIpc) is 3.41. The van der Waals surface area contributed by atoms with Crippen LogP contribution in [-0.2, 0) is 0 Å². The molecule has 1 N–H and O–H groups in total. The summed E-state index contributed by atoms with van der Waals surface area (Å²) in [5.74, 6) is 1.32. The largest absolute Gasteiger partial charge is 0.339 e. The van der Waals surface area contributed by atoms with Crippen LogP contribution in [0.4, 0.5) is 0 Å². The van der Waals surface area contributed by atoms with Gasteiger partial charge in [-0.3, -0.25) is 4.79 Å². The van der Waals surface area contributed by atoms with Gasteiger partial charge in [0.25, 0.3) is 5.91 Å². The third-order valence-electron chi connectivity index (χ3n) is 5.40. The van der Waals surface area contributed by atoms with Gasteiger partial charge < -0.3 is 10.2 Å².